The second kappa shape index (κ2) is 7.59. The van der Waals surface area contributed by atoms with Crippen LogP contribution in [0.3, 0.4) is 0 Å². The summed E-state index contributed by atoms with van der Waals surface area (Å²) in [4.78, 5) is 8.57. The van der Waals surface area contributed by atoms with Gasteiger partial charge in [0.15, 0.2) is 0 Å². The van der Waals surface area contributed by atoms with Crippen LogP contribution < -0.4 is 10.1 Å². The molecule has 1 aromatic carbocycles. The molecular weight excluding hydrogens is 352 g/mol. The maximum absolute atomic E-state index is 13.0. The highest BCUT2D eigenvalue weighted by Gasteiger charge is 2.30. The predicted molar refractivity (Wildman–Crippen MR) is 99.9 cm³/mol. The quantitative estimate of drug-likeness (QED) is 0.862. The number of methoxy groups -OCH3 is 1. The molecule has 0 radical (unpaired) electrons. The molecule has 0 spiro atoms. The average molecular weight is 376 g/mol. The number of piperidine rings is 1. The Bertz CT molecular complexity index is 878. The second-order valence-corrected chi connectivity index (χ2v) is 8.44. The molecule has 26 heavy (non-hydrogen) atoms. The molecule has 1 N–H and O–H groups in total. The van der Waals surface area contributed by atoms with Gasteiger partial charge in [-0.1, -0.05) is 12.1 Å². The molecule has 0 bridgehead atoms. The van der Waals surface area contributed by atoms with Gasteiger partial charge in [-0.2, -0.15) is 4.31 Å². The lowest BCUT2D eigenvalue weighted by Gasteiger charge is -2.32. The Morgan fingerprint density at radius 2 is 1.88 bits per heavy atom. The summed E-state index contributed by atoms with van der Waals surface area (Å²) in [6.45, 7) is 4.71. The molecule has 140 valence electrons. The Balaban J connectivity index is 1.67. The molecule has 0 atom stereocenters. The first-order valence-electron chi connectivity index (χ1n) is 8.60. The van der Waals surface area contributed by atoms with E-state index in [9.17, 15) is 8.42 Å². The number of sulfonamides is 1. The summed E-state index contributed by atoms with van der Waals surface area (Å²) in [6.07, 6.45) is 2.88. The lowest BCUT2D eigenvalue weighted by Crippen LogP contribution is -2.42. The van der Waals surface area contributed by atoms with E-state index in [0.717, 1.165) is 24.0 Å². The average Bonchev–Trinajstić information content (AvgIpc) is 2.64. The molecule has 0 aliphatic carbocycles. The van der Waals surface area contributed by atoms with Gasteiger partial charge in [0.05, 0.1) is 12.0 Å². The van der Waals surface area contributed by atoms with Crippen molar-refractivity contribution in [3.8, 4) is 5.88 Å². The first-order chi connectivity index (χ1) is 12.4. The number of hydrogen-bond donors (Lipinski definition) is 1. The van der Waals surface area contributed by atoms with Crippen LogP contribution in [0.2, 0.25) is 0 Å². The van der Waals surface area contributed by atoms with E-state index in [0.29, 0.717) is 29.7 Å². The fourth-order valence-corrected chi connectivity index (χ4v) is 4.88. The highest BCUT2D eigenvalue weighted by atomic mass is 32.2. The van der Waals surface area contributed by atoms with E-state index >= 15 is 0 Å². The Hall–Kier alpha value is -2.19. The molecule has 0 saturated carbocycles. The zero-order valence-electron chi connectivity index (χ0n) is 15.3. The van der Waals surface area contributed by atoms with Crippen LogP contribution in [0.15, 0.2) is 35.5 Å². The smallest absolute Gasteiger partial charge is 0.243 e. The van der Waals surface area contributed by atoms with Gasteiger partial charge in [-0.15, -0.1) is 0 Å². The Morgan fingerprint density at radius 3 is 2.58 bits per heavy atom. The summed E-state index contributed by atoms with van der Waals surface area (Å²) >= 11 is 0. The van der Waals surface area contributed by atoms with Crippen molar-refractivity contribution in [1.82, 2.24) is 14.3 Å². The van der Waals surface area contributed by atoms with Crippen molar-refractivity contribution >= 4 is 15.8 Å². The van der Waals surface area contributed by atoms with E-state index in [-0.39, 0.29) is 6.04 Å². The number of hydrogen-bond acceptors (Lipinski definition) is 6. The maximum Gasteiger partial charge on any atom is 0.243 e. The van der Waals surface area contributed by atoms with Gasteiger partial charge in [-0.05, 0) is 43.9 Å². The van der Waals surface area contributed by atoms with E-state index < -0.39 is 10.0 Å². The molecular formula is C18H24N4O3S. The zero-order chi connectivity index (χ0) is 18.7. The molecule has 0 amide bonds. The lowest BCUT2D eigenvalue weighted by molar-refractivity contribution is 0.329. The van der Waals surface area contributed by atoms with Crippen molar-refractivity contribution in [1.29, 1.82) is 0 Å². The van der Waals surface area contributed by atoms with Crippen molar-refractivity contribution < 1.29 is 13.2 Å². The van der Waals surface area contributed by atoms with Crippen LogP contribution in [0, 0.1) is 13.8 Å². The SMILES string of the molecule is COc1cc(NC2CCN(S(=O)(=O)c3cc(C)ccc3C)CC2)ncn1. The Morgan fingerprint density at radius 1 is 1.15 bits per heavy atom. The number of anilines is 1. The van der Waals surface area contributed by atoms with E-state index in [1.54, 1.807) is 23.5 Å². The standard InChI is InChI=1S/C18H24N4O3S/c1-13-4-5-14(2)16(10-13)26(23,24)22-8-6-15(7-9-22)21-17-11-18(25-3)20-12-19-17/h4-5,10-12,15H,6-9H2,1-3H3,(H,19,20,21). The highest BCUT2D eigenvalue weighted by molar-refractivity contribution is 7.89. The number of aryl methyl sites for hydroxylation is 2. The van der Waals surface area contributed by atoms with E-state index in [2.05, 4.69) is 15.3 Å². The first kappa shape index (κ1) is 18.6. The zero-order valence-corrected chi connectivity index (χ0v) is 16.1. The summed E-state index contributed by atoms with van der Waals surface area (Å²) in [5, 5.41) is 3.34. The van der Waals surface area contributed by atoms with Gasteiger partial charge in [0, 0.05) is 25.2 Å². The molecule has 1 fully saturated rings. The van der Waals surface area contributed by atoms with Crippen molar-refractivity contribution in [2.45, 2.75) is 37.6 Å². The minimum atomic E-state index is -3.46. The number of rotatable bonds is 5. The van der Waals surface area contributed by atoms with Crippen LogP contribution in [0.5, 0.6) is 5.88 Å². The molecule has 0 unspecified atom stereocenters. The van der Waals surface area contributed by atoms with E-state index in [4.69, 9.17) is 4.74 Å². The van der Waals surface area contributed by atoms with Gasteiger partial charge < -0.3 is 10.1 Å². The minimum absolute atomic E-state index is 0.166. The summed E-state index contributed by atoms with van der Waals surface area (Å²) in [6, 6.07) is 7.45. The van der Waals surface area contributed by atoms with Gasteiger partial charge in [0.25, 0.3) is 0 Å². The highest BCUT2D eigenvalue weighted by Crippen LogP contribution is 2.25. The number of ether oxygens (including phenoxy) is 1. The Labute approximate surface area is 154 Å². The molecule has 8 heteroatoms. The van der Waals surface area contributed by atoms with Gasteiger partial charge in [-0.3, -0.25) is 0 Å². The van der Waals surface area contributed by atoms with Crippen LogP contribution >= 0.6 is 0 Å². The second-order valence-electron chi connectivity index (χ2n) is 6.54. The lowest BCUT2D eigenvalue weighted by atomic mass is 10.1. The molecule has 2 heterocycles. The molecule has 7 nitrogen and oxygen atoms in total. The van der Waals surface area contributed by atoms with Gasteiger partial charge >= 0.3 is 0 Å². The normalized spacial score (nSPS) is 16.4. The number of nitrogens with one attached hydrogen (secondary N) is 1. The van der Waals surface area contributed by atoms with Crippen LogP contribution in [0.25, 0.3) is 0 Å². The summed E-state index contributed by atoms with van der Waals surface area (Å²) in [5.74, 6) is 1.19. The molecule has 1 aliphatic heterocycles. The first-order valence-corrected chi connectivity index (χ1v) is 10.0. The van der Waals surface area contributed by atoms with Gasteiger partial charge in [0.2, 0.25) is 15.9 Å². The van der Waals surface area contributed by atoms with Gasteiger partial charge in [-0.25, -0.2) is 18.4 Å². The predicted octanol–water partition coefficient (Wildman–Crippen LogP) is 2.37. The van der Waals surface area contributed by atoms with Crippen molar-refractivity contribution in [2.75, 3.05) is 25.5 Å². The fourth-order valence-electron chi connectivity index (χ4n) is 3.10. The van der Waals surface area contributed by atoms with Crippen LogP contribution in [0.4, 0.5) is 5.82 Å². The fraction of sp³-hybridized carbons (Fsp3) is 0.444. The number of aromatic nitrogens is 2. The third-order valence-corrected chi connectivity index (χ3v) is 6.66. The van der Waals surface area contributed by atoms with Crippen molar-refractivity contribution in [3.63, 3.8) is 0 Å². The third kappa shape index (κ3) is 3.96. The largest absolute Gasteiger partial charge is 0.481 e. The van der Waals surface area contributed by atoms with E-state index in [1.165, 1.54) is 6.33 Å². The minimum Gasteiger partial charge on any atom is -0.481 e. The number of benzene rings is 1. The molecule has 1 aliphatic rings. The third-order valence-electron chi connectivity index (χ3n) is 4.62. The van der Waals surface area contributed by atoms with Crippen molar-refractivity contribution in [2.24, 2.45) is 0 Å². The Kier molecular flexibility index (Phi) is 5.43. The van der Waals surface area contributed by atoms with Crippen LogP contribution in [-0.2, 0) is 10.0 Å². The number of nitrogens with zero attached hydrogens (tertiary/aromatic N) is 3. The summed E-state index contributed by atoms with van der Waals surface area (Å²) < 4.78 is 32.6. The van der Waals surface area contributed by atoms with Crippen LogP contribution in [0.1, 0.15) is 24.0 Å². The molecule has 1 aromatic heterocycles. The maximum atomic E-state index is 13.0. The summed E-state index contributed by atoms with van der Waals surface area (Å²) in [5.41, 5.74) is 1.73. The van der Waals surface area contributed by atoms with Gasteiger partial charge in [0.1, 0.15) is 12.1 Å². The van der Waals surface area contributed by atoms with Crippen molar-refractivity contribution in [3.05, 3.63) is 41.7 Å². The van der Waals surface area contributed by atoms with E-state index in [1.807, 2.05) is 26.0 Å². The van der Waals surface area contributed by atoms with Crippen LogP contribution in [-0.4, -0.2) is 48.9 Å². The summed E-state index contributed by atoms with van der Waals surface area (Å²) in [7, 11) is -1.90. The molecule has 2 aromatic rings. The molecule has 1 saturated heterocycles. The monoisotopic (exact) mass is 376 g/mol. The molecule has 3 rings (SSSR count). The topological polar surface area (TPSA) is 84.4 Å².